The molecule has 11 heteroatoms. The minimum absolute atomic E-state index is 0.133. The van der Waals surface area contributed by atoms with Crippen molar-refractivity contribution in [3.05, 3.63) is 47.7 Å². The van der Waals surface area contributed by atoms with Crippen LogP contribution in [0.25, 0.3) is 11.1 Å². The maximum Gasteiger partial charge on any atom is 0.270 e. The quantitative estimate of drug-likeness (QED) is 0.238. The van der Waals surface area contributed by atoms with E-state index in [9.17, 15) is 9.59 Å². The Balaban J connectivity index is 1.30. The lowest BCUT2D eigenvalue weighted by atomic mass is 9.88. The van der Waals surface area contributed by atoms with E-state index in [-0.39, 0.29) is 17.7 Å². The zero-order valence-electron chi connectivity index (χ0n) is 26.4. The van der Waals surface area contributed by atoms with Gasteiger partial charge in [-0.3, -0.25) is 14.3 Å². The molecule has 3 aromatic rings. The van der Waals surface area contributed by atoms with Crippen molar-refractivity contribution in [2.45, 2.75) is 72.2 Å². The lowest BCUT2D eigenvalue weighted by Gasteiger charge is -2.27. The summed E-state index contributed by atoms with van der Waals surface area (Å²) in [7, 11) is -0.602. The number of nitrogens with zero attached hydrogens (tertiary/aromatic N) is 5. The van der Waals surface area contributed by atoms with Crippen LogP contribution in [0.4, 0.5) is 5.82 Å². The highest BCUT2D eigenvalue weighted by Crippen LogP contribution is 2.51. The predicted octanol–water partition coefficient (Wildman–Crippen LogP) is 4.87. The van der Waals surface area contributed by atoms with Gasteiger partial charge < -0.3 is 15.4 Å². The van der Waals surface area contributed by atoms with Gasteiger partial charge >= 0.3 is 0 Å². The molecule has 43 heavy (non-hydrogen) atoms. The largest absolute Gasteiger partial charge is 0.358 e. The fourth-order valence-corrected chi connectivity index (χ4v) is 6.59. The van der Waals surface area contributed by atoms with Crippen molar-refractivity contribution >= 4 is 27.7 Å². The zero-order valence-corrected chi connectivity index (χ0v) is 27.2. The number of hydrogen-bond acceptors (Lipinski definition) is 6. The molecule has 234 valence electrons. The number of aryl methyl sites for hydroxylation is 2. The number of amides is 2. The summed E-state index contributed by atoms with van der Waals surface area (Å²) in [5, 5.41) is 15.1. The summed E-state index contributed by atoms with van der Waals surface area (Å²) < 4.78 is 9.58. The summed E-state index contributed by atoms with van der Waals surface area (Å²) in [6, 6.07) is 4.89. The van der Waals surface area contributed by atoms with Crippen LogP contribution < -0.4 is 10.6 Å². The molecule has 2 saturated carbocycles. The second-order valence-corrected chi connectivity index (χ2v) is 17.3. The van der Waals surface area contributed by atoms with Gasteiger partial charge in [0.15, 0.2) is 0 Å². The molecule has 0 aliphatic heterocycles. The first-order chi connectivity index (χ1) is 20.6. The number of carbonyl (C=O) groups is 2. The zero-order chi connectivity index (χ0) is 30.7. The van der Waals surface area contributed by atoms with E-state index in [0.29, 0.717) is 36.6 Å². The number of hydrogen-bond donors (Lipinski definition) is 2. The molecule has 10 nitrogen and oxygen atoms in total. The van der Waals surface area contributed by atoms with E-state index in [1.165, 1.54) is 0 Å². The van der Waals surface area contributed by atoms with Gasteiger partial charge in [0.25, 0.3) is 5.91 Å². The molecule has 2 aliphatic rings. The van der Waals surface area contributed by atoms with Crippen LogP contribution in [0.1, 0.15) is 61.4 Å². The Morgan fingerprint density at radius 3 is 2.37 bits per heavy atom. The van der Waals surface area contributed by atoms with Crippen LogP contribution in [0.2, 0.25) is 0 Å². The third-order valence-corrected chi connectivity index (χ3v) is 9.85. The Labute approximate surface area is 256 Å². The van der Waals surface area contributed by atoms with E-state index in [1.807, 2.05) is 30.7 Å². The van der Waals surface area contributed by atoms with Crippen LogP contribution in [0.15, 0.2) is 30.6 Å². The van der Waals surface area contributed by atoms with Gasteiger partial charge in [-0.1, -0.05) is 6.92 Å². The molecular formula is C32H47N7O3S. The molecule has 3 aromatic heterocycles. The Bertz CT molecular complexity index is 1410. The van der Waals surface area contributed by atoms with E-state index in [0.717, 1.165) is 67.0 Å². The van der Waals surface area contributed by atoms with Gasteiger partial charge in [0, 0.05) is 41.5 Å². The fraction of sp³-hybridized carbons (Fsp3) is 0.594. The van der Waals surface area contributed by atoms with Crippen molar-refractivity contribution in [1.82, 2.24) is 29.9 Å². The summed E-state index contributed by atoms with van der Waals surface area (Å²) in [6.45, 7) is 7.80. The number of rotatable bonds is 15. The Hall–Kier alpha value is -3.18. The minimum atomic E-state index is -0.624. The van der Waals surface area contributed by atoms with Crippen molar-refractivity contribution in [2.75, 3.05) is 36.4 Å². The minimum Gasteiger partial charge on any atom is -0.358 e. The van der Waals surface area contributed by atoms with Crippen molar-refractivity contribution in [1.29, 1.82) is 0 Å². The Morgan fingerprint density at radius 1 is 1.07 bits per heavy atom. The van der Waals surface area contributed by atoms with Crippen molar-refractivity contribution in [3.63, 3.8) is 0 Å². The summed E-state index contributed by atoms with van der Waals surface area (Å²) in [6.07, 6.45) is 15.5. The molecule has 0 aromatic carbocycles. The molecule has 2 fully saturated rings. The third kappa shape index (κ3) is 7.67. The van der Waals surface area contributed by atoms with Gasteiger partial charge in [-0.2, -0.15) is 10.2 Å². The molecule has 0 radical (unpaired) electrons. The van der Waals surface area contributed by atoms with Crippen molar-refractivity contribution in [3.8, 4) is 11.1 Å². The molecule has 2 amide bonds. The van der Waals surface area contributed by atoms with Gasteiger partial charge in [-0.05, 0) is 101 Å². The van der Waals surface area contributed by atoms with Crippen molar-refractivity contribution < 1.29 is 14.3 Å². The van der Waals surface area contributed by atoms with Crippen molar-refractivity contribution in [2.24, 2.45) is 17.8 Å². The summed E-state index contributed by atoms with van der Waals surface area (Å²) in [4.78, 5) is 31.7. The SMILES string of the molecule is CCc1c(-c2ccc(NC(=O)C(NC(=O)c3ccnn3CC)C(C3CC3)C3CC3)nc2)c(C)nn1COCCS(C)(C)C. The highest BCUT2D eigenvalue weighted by Gasteiger charge is 2.48. The van der Waals surface area contributed by atoms with Gasteiger partial charge in [0.2, 0.25) is 5.91 Å². The molecule has 2 N–H and O–H groups in total. The molecule has 1 atom stereocenters. The molecule has 0 spiro atoms. The fourth-order valence-electron chi connectivity index (χ4n) is 5.97. The highest BCUT2D eigenvalue weighted by atomic mass is 32.3. The summed E-state index contributed by atoms with van der Waals surface area (Å²) >= 11 is 0. The third-order valence-electron chi connectivity index (χ3n) is 8.46. The number of carbonyl (C=O) groups excluding carboxylic acids is 2. The summed E-state index contributed by atoms with van der Waals surface area (Å²) in [5.74, 6) is 2.13. The van der Waals surface area contributed by atoms with Crippen LogP contribution in [-0.4, -0.2) is 73.5 Å². The van der Waals surface area contributed by atoms with E-state index in [2.05, 4.69) is 46.4 Å². The maximum atomic E-state index is 13.8. The number of ether oxygens (including phenoxy) is 1. The second kappa shape index (κ2) is 13.2. The van der Waals surface area contributed by atoms with Crippen LogP contribution in [0.3, 0.4) is 0 Å². The van der Waals surface area contributed by atoms with E-state index >= 15 is 0 Å². The smallest absolute Gasteiger partial charge is 0.270 e. The molecule has 5 rings (SSSR count). The van der Waals surface area contributed by atoms with Gasteiger partial charge in [-0.25, -0.2) is 19.7 Å². The van der Waals surface area contributed by atoms with E-state index in [4.69, 9.17) is 9.84 Å². The lowest BCUT2D eigenvalue weighted by Crippen LogP contribution is -2.50. The monoisotopic (exact) mass is 609 g/mol. The second-order valence-electron chi connectivity index (χ2n) is 12.7. The number of pyridine rings is 1. The molecular weight excluding hydrogens is 562 g/mol. The summed E-state index contributed by atoms with van der Waals surface area (Å²) in [5.41, 5.74) is 4.50. The van der Waals surface area contributed by atoms with Crippen LogP contribution in [0, 0.1) is 24.7 Å². The molecule has 0 saturated heterocycles. The van der Waals surface area contributed by atoms with Gasteiger partial charge in [-0.15, -0.1) is 0 Å². The van der Waals surface area contributed by atoms with E-state index in [1.54, 1.807) is 23.1 Å². The average Bonchev–Trinajstić information content (AvgIpc) is 3.91. The Kier molecular flexibility index (Phi) is 9.60. The molecule has 2 aliphatic carbocycles. The van der Waals surface area contributed by atoms with E-state index < -0.39 is 16.1 Å². The molecule has 3 heterocycles. The predicted molar refractivity (Wildman–Crippen MR) is 172 cm³/mol. The first-order valence-corrected chi connectivity index (χ1v) is 18.5. The van der Waals surface area contributed by atoms with Gasteiger partial charge in [0.05, 0.1) is 12.3 Å². The van der Waals surface area contributed by atoms with Crippen LogP contribution >= 0.6 is 10.0 Å². The average molecular weight is 610 g/mol. The standard InChI is InChI=1S/C32H47N7O3S/c1-7-25-28(21(3)37-39(25)20-42-17-18-43(4,5)6)24-13-14-27(33-19-24)35-32(41)30(29(22-9-10-22)23-11-12-23)36-31(40)26-15-16-34-38(26)8-2/h13-16,19,22-23,29-30H,7-12,17-18,20H2,1-6H3,(H,36,40)(H,33,35,41). The highest BCUT2D eigenvalue weighted by molar-refractivity contribution is 8.32. The maximum absolute atomic E-state index is 13.8. The lowest BCUT2D eigenvalue weighted by molar-refractivity contribution is -0.119. The normalized spacial score (nSPS) is 16.3. The Morgan fingerprint density at radius 2 is 1.79 bits per heavy atom. The first-order valence-electron chi connectivity index (χ1n) is 15.5. The topological polar surface area (TPSA) is 116 Å². The van der Waals surface area contributed by atoms with Gasteiger partial charge in [0.1, 0.15) is 24.3 Å². The number of anilines is 1. The molecule has 0 bridgehead atoms. The van der Waals surface area contributed by atoms with Crippen LogP contribution in [0.5, 0.6) is 0 Å². The number of nitrogens with one attached hydrogen (secondary N) is 2. The van der Waals surface area contributed by atoms with Crippen LogP contribution in [-0.2, 0) is 29.2 Å². The molecule has 1 unspecified atom stereocenters. The number of aromatic nitrogens is 5. The first kappa shape index (κ1) is 31.3.